The molecule has 1 aromatic carbocycles. The number of hydrogen-bond donors (Lipinski definition) is 0. The van der Waals surface area contributed by atoms with Crippen LogP contribution in [-0.2, 0) is 0 Å². The molecule has 1 aliphatic heterocycles. The molecule has 0 bridgehead atoms. The van der Waals surface area contributed by atoms with Gasteiger partial charge in [-0.05, 0) is 55.6 Å². The Hall–Kier alpha value is -2.68. The summed E-state index contributed by atoms with van der Waals surface area (Å²) in [7, 11) is 0. The molecule has 1 fully saturated rings. The van der Waals surface area contributed by atoms with Crippen molar-refractivity contribution in [2.75, 3.05) is 13.1 Å². The van der Waals surface area contributed by atoms with Crippen LogP contribution in [-0.4, -0.2) is 43.6 Å². The Morgan fingerprint density at radius 1 is 1.35 bits per heavy atom. The van der Waals surface area contributed by atoms with Crippen molar-refractivity contribution in [3.63, 3.8) is 0 Å². The molecule has 26 heavy (non-hydrogen) atoms. The summed E-state index contributed by atoms with van der Waals surface area (Å²) in [5.74, 6) is 0.537. The second-order valence-corrected chi connectivity index (χ2v) is 7.00. The van der Waals surface area contributed by atoms with E-state index in [9.17, 15) is 9.18 Å². The second kappa shape index (κ2) is 6.91. The molecule has 3 aromatic rings. The van der Waals surface area contributed by atoms with Crippen LogP contribution < -0.4 is 0 Å². The third-order valence-corrected chi connectivity index (χ3v) is 5.26. The molecule has 7 nitrogen and oxygen atoms in total. The van der Waals surface area contributed by atoms with Crippen LogP contribution >= 0.6 is 11.5 Å². The number of benzene rings is 1. The van der Waals surface area contributed by atoms with Crippen LogP contribution in [0, 0.1) is 12.7 Å². The van der Waals surface area contributed by atoms with Gasteiger partial charge in [0.1, 0.15) is 10.7 Å². The minimum atomic E-state index is -0.313. The number of carbonyl (C=O) groups is 1. The summed E-state index contributed by atoms with van der Waals surface area (Å²) in [5, 5.41) is 7.90. The second-order valence-electron chi connectivity index (χ2n) is 6.24. The molecule has 1 aliphatic rings. The molecular formula is C17H16FN5O2S. The van der Waals surface area contributed by atoms with E-state index in [-0.39, 0.29) is 17.6 Å². The van der Waals surface area contributed by atoms with E-state index in [1.54, 1.807) is 24.0 Å². The molecule has 1 amide bonds. The van der Waals surface area contributed by atoms with Crippen LogP contribution in [0.2, 0.25) is 0 Å². The highest BCUT2D eigenvalue weighted by Gasteiger charge is 2.30. The van der Waals surface area contributed by atoms with Gasteiger partial charge in [0.2, 0.25) is 11.7 Å². The summed E-state index contributed by atoms with van der Waals surface area (Å²) in [4.78, 5) is 19.5. The normalized spacial score (nSPS) is 17.5. The molecule has 9 heteroatoms. The largest absolute Gasteiger partial charge is 0.339 e. The van der Waals surface area contributed by atoms with Gasteiger partial charge >= 0.3 is 0 Å². The van der Waals surface area contributed by atoms with Gasteiger partial charge in [-0.1, -0.05) is 9.64 Å². The Morgan fingerprint density at radius 3 is 2.88 bits per heavy atom. The highest BCUT2D eigenvalue weighted by molar-refractivity contribution is 7.07. The average Bonchev–Trinajstić information content (AvgIpc) is 3.31. The molecule has 0 radical (unpaired) electrons. The van der Waals surface area contributed by atoms with Crippen LogP contribution in [0.4, 0.5) is 4.39 Å². The van der Waals surface area contributed by atoms with E-state index in [2.05, 4.69) is 19.7 Å². The Labute approximate surface area is 153 Å². The van der Waals surface area contributed by atoms with Gasteiger partial charge in [-0.2, -0.15) is 4.98 Å². The fourth-order valence-corrected chi connectivity index (χ4v) is 3.68. The fourth-order valence-electron chi connectivity index (χ4n) is 3.05. The third kappa shape index (κ3) is 3.22. The molecule has 1 saturated heterocycles. The van der Waals surface area contributed by atoms with Crippen LogP contribution in [0.1, 0.15) is 40.0 Å². The first-order valence-electron chi connectivity index (χ1n) is 8.29. The van der Waals surface area contributed by atoms with Crippen LogP contribution in [0.15, 0.2) is 28.8 Å². The van der Waals surface area contributed by atoms with Crippen molar-refractivity contribution in [1.82, 2.24) is 24.6 Å². The van der Waals surface area contributed by atoms with Crippen molar-refractivity contribution >= 4 is 17.4 Å². The Balaban J connectivity index is 1.51. The summed E-state index contributed by atoms with van der Waals surface area (Å²) >= 11 is 1.12. The first kappa shape index (κ1) is 16.8. The number of amides is 1. The van der Waals surface area contributed by atoms with Gasteiger partial charge in [-0.15, -0.1) is 5.10 Å². The first-order valence-corrected chi connectivity index (χ1v) is 9.07. The Bertz CT molecular complexity index is 923. The third-order valence-electron chi connectivity index (χ3n) is 4.45. The molecule has 0 saturated carbocycles. The summed E-state index contributed by atoms with van der Waals surface area (Å²) in [6.45, 7) is 2.98. The van der Waals surface area contributed by atoms with E-state index in [1.807, 2.05) is 0 Å². The smallest absolute Gasteiger partial charge is 0.267 e. The summed E-state index contributed by atoms with van der Waals surface area (Å²) < 4.78 is 22.3. The molecule has 4 rings (SSSR count). The molecule has 0 N–H and O–H groups in total. The van der Waals surface area contributed by atoms with Gasteiger partial charge in [0.15, 0.2) is 0 Å². The standard InChI is InChI=1S/C17H16FN5O2S/c1-10-14(26-22-20-10)17(24)23-8-2-3-12(9-23)16-19-15(21-25-16)11-4-6-13(18)7-5-11/h4-7,12H,2-3,8-9H2,1H3. The van der Waals surface area contributed by atoms with Gasteiger partial charge < -0.3 is 9.42 Å². The van der Waals surface area contributed by atoms with E-state index in [0.717, 1.165) is 24.4 Å². The van der Waals surface area contributed by atoms with E-state index in [1.165, 1.54) is 12.1 Å². The highest BCUT2D eigenvalue weighted by atomic mass is 32.1. The minimum absolute atomic E-state index is 0.0180. The number of hydrogen-bond acceptors (Lipinski definition) is 7. The maximum absolute atomic E-state index is 13.1. The van der Waals surface area contributed by atoms with Crippen molar-refractivity contribution in [1.29, 1.82) is 0 Å². The molecule has 3 heterocycles. The van der Waals surface area contributed by atoms with E-state index >= 15 is 0 Å². The SMILES string of the molecule is Cc1nnsc1C(=O)N1CCCC(c2nc(-c3ccc(F)cc3)no2)C1. The van der Waals surface area contributed by atoms with E-state index in [0.29, 0.717) is 40.9 Å². The number of aryl methyl sites for hydroxylation is 1. The summed E-state index contributed by atoms with van der Waals surface area (Å²) in [6.07, 6.45) is 1.73. The van der Waals surface area contributed by atoms with E-state index < -0.39 is 0 Å². The van der Waals surface area contributed by atoms with Crippen LogP contribution in [0.3, 0.4) is 0 Å². The monoisotopic (exact) mass is 373 g/mol. The van der Waals surface area contributed by atoms with Crippen molar-refractivity contribution in [2.45, 2.75) is 25.7 Å². The van der Waals surface area contributed by atoms with Gasteiger partial charge in [0.25, 0.3) is 5.91 Å². The zero-order valence-corrected chi connectivity index (χ0v) is 14.9. The summed E-state index contributed by atoms with van der Waals surface area (Å²) in [5.41, 5.74) is 1.34. The highest BCUT2D eigenvalue weighted by Crippen LogP contribution is 2.29. The number of nitrogens with zero attached hydrogens (tertiary/aromatic N) is 5. The molecule has 2 aromatic heterocycles. The van der Waals surface area contributed by atoms with E-state index in [4.69, 9.17) is 4.52 Å². The van der Waals surface area contributed by atoms with Gasteiger partial charge in [-0.25, -0.2) is 4.39 Å². The summed E-state index contributed by atoms with van der Waals surface area (Å²) in [6, 6.07) is 5.94. The lowest BCUT2D eigenvalue weighted by Gasteiger charge is -2.30. The van der Waals surface area contributed by atoms with Crippen LogP contribution in [0.25, 0.3) is 11.4 Å². The first-order chi connectivity index (χ1) is 12.6. The number of rotatable bonds is 3. The molecule has 134 valence electrons. The van der Waals surface area contributed by atoms with Gasteiger partial charge in [-0.3, -0.25) is 4.79 Å². The topological polar surface area (TPSA) is 85.0 Å². The number of carbonyl (C=O) groups excluding carboxylic acids is 1. The lowest BCUT2D eigenvalue weighted by Crippen LogP contribution is -2.39. The van der Waals surface area contributed by atoms with Crippen molar-refractivity contribution in [3.05, 3.63) is 46.5 Å². The lowest BCUT2D eigenvalue weighted by atomic mass is 9.97. The average molecular weight is 373 g/mol. The number of piperidine rings is 1. The predicted molar refractivity (Wildman–Crippen MR) is 92.2 cm³/mol. The fraction of sp³-hybridized carbons (Fsp3) is 0.353. The zero-order valence-electron chi connectivity index (χ0n) is 14.1. The van der Waals surface area contributed by atoms with Crippen molar-refractivity contribution in [2.24, 2.45) is 0 Å². The van der Waals surface area contributed by atoms with Crippen molar-refractivity contribution < 1.29 is 13.7 Å². The number of aromatic nitrogens is 4. The maximum atomic E-state index is 13.1. The van der Waals surface area contributed by atoms with Crippen molar-refractivity contribution in [3.8, 4) is 11.4 Å². The maximum Gasteiger partial charge on any atom is 0.267 e. The van der Waals surface area contributed by atoms with Gasteiger partial charge in [0, 0.05) is 18.7 Å². The number of halogens is 1. The van der Waals surface area contributed by atoms with Gasteiger partial charge in [0.05, 0.1) is 11.6 Å². The molecule has 1 atom stereocenters. The molecule has 0 aliphatic carbocycles. The molecule has 1 unspecified atom stereocenters. The quantitative estimate of drug-likeness (QED) is 0.701. The minimum Gasteiger partial charge on any atom is -0.339 e. The molecular weight excluding hydrogens is 357 g/mol. The lowest BCUT2D eigenvalue weighted by molar-refractivity contribution is 0.0699. The Kier molecular flexibility index (Phi) is 4.46. The zero-order chi connectivity index (χ0) is 18.1. The number of likely N-dealkylation sites (tertiary alicyclic amines) is 1. The van der Waals surface area contributed by atoms with Crippen LogP contribution in [0.5, 0.6) is 0 Å². The predicted octanol–water partition coefficient (Wildman–Crippen LogP) is 3.06. The Morgan fingerprint density at radius 2 is 2.15 bits per heavy atom. The molecule has 0 spiro atoms.